The summed E-state index contributed by atoms with van der Waals surface area (Å²) in [4.78, 5) is 22.5. The highest BCUT2D eigenvalue weighted by Crippen LogP contribution is 2.14. The molecule has 5 heteroatoms. The molecular formula is C13H26N2O3. The Morgan fingerprint density at radius 3 is 2.17 bits per heavy atom. The van der Waals surface area contributed by atoms with Gasteiger partial charge in [-0.3, -0.25) is 9.59 Å². The van der Waals surface area contributed by atoms with Crippen LogP contribution in [0.1, 0.15) is 40.5 Å². The van der Waals surface area contributed by atoms with Gasteiger partial charge in [0.2, 0.25) is 5.91 Å². The van der Waals surface area contributed by atoms with E-state index in [-0.39, 0.29) is 17.9 Å². The molecule has 0 bridgehead atoms. The number of rotatable bonds is 8. The number of carbonyl (C=O) groups is 2. The highest BCUT2D eigenvalue weighted by Gasteiger charge is 2.22. The largest absolute Gasteiger partial charge is 0.481 e. The Morgan fingerprint density at radius 1 is 1.22 bits per heavy atom. The fourth-order valence-electron chi connectivity index (χ4n) is 1.84. The van der Waals surface area contributed by atoms with E-state index in [1.807, 2.05) is 0 Å². The summed E-state index contributed by atoms with van der Waals surface area (Å²) in [5.74, 6) is -0.943. The van der Waals surface area contributed by atoms with Crippen LogP contribution >= 0.6 is 0 Å². The molecule has 0 rings (SSSR count). The summed E-state index contributed by atoms with van der Waals surface area (Å²) in [6.45, 7) is 7.96. The minimum atomic E-state index is -0.902. The number of amides is 1. The zero-order chi connectivity index (χ0) is 14.3. The number of hydrogen-bond donors (Lipinski definition) is 3. The molecule has 0 aliphatic carbocycles. The SMILES string of the molecule is CC(C)CC(CN)CC(=O)NC(C)C(C)C(=O)O. The lowest BCUT2D eigenvalue weighted by Crippen LogP contribution is -2.41. The van der Waals surface area contributed by atoms with Gasteiger partial charge in [0.1, 0.15) is 0 Å². The van der Waals surface area contributed by atoms with Crippen LogP contribution in [0.5, 0.6) is 0 Å². The summed E-state index contributed by atoms with van der Waals surface area (Å²) in [6, 6.07) is -0.368. The lowest BCUT2D eigenvalue weighted by molar-refractivity contribution is -0.142. The van der Waals surface area contributed by atoms with Crippen molar-refractivity contribution in [3.05, 3.63) is 0 Å². The van der Waals surface area contributed by atoms with Crippen molar-refractivity contribution in [3.8, 4) is 0 Å². The summed E-state index contributed by atoms with van der Waals surface area (Å²) in [7, 11) is 0. The average molecular weight is 258 g/mol. The van der Waals surface area contributed by atoms with Crippen LogP contribution in [0.25, 0.3) is 0 Å². The second kappa shape index (κ2) is 8.08. The molecule has 0 aromatic carbocycles. The van der Waals surface area contributed by atoms with E-state index in [0.717, 1.165) is 6.42 Å². The Kier molecular flexibility index (Phi) is 7.59. The summed E-state index contributed by atoms with van der Waals surface area (Å²) >= 11 is 0. The number of carbonyl (C=O) groups excluding carboxylic acids is 1. The van der Waals surface area contributed by atoms with E-state index in [9.17, 15) is 9.59 Å². The van der Waals surface area contributed by atoms with Gasteiger partial charge in [-0.05, 0) is 38.6 Å². The maximum atomic E-state index is 11.8. The van der Waals surface area contributed by atoms with Crippen molar-refractivity contribution >= 4 is 11.9 Å². The van der Waals surface area contributed by atoms with Gasteiger partial charge in [-0.1, -0.05) is 13.8 Å². The molecule has 0 spiro atoms. The van der Waals surface area contributed by atoms with E-state index in [4.69, 9.17) is 10.8 Å². The first-order valence-corrected chi connectivity index (χ1v) is 6.50. The number of aliphatic carboxylic acids is 1. The van der Waals surface area contributed by atoms with Crippen molar-refractivity contribution in [1.82, 2.24) is 5.32 Å². The highest BCUT2D eigenvalue weighted by molar-refractivity contribution is 5.78. The molecule has 0 saturated heterocycles. The summed E-state index contributed by atoms with van der Waals surface area (Å²) < 4.78 is 0. The molecule has 1 amide bonds. The van der Waals surface area contributed by atoms with Crippen molar-refractivity contribution in [1.29, 1.82) is 0 Å². The molecule has 0 saturated carbocycles. The molecule has 0 aliphatic rings. The molecule has 0 fully saturated rings. The lowest BCUT2D eigenvalue weighted by Gasteiger charge is -2.21. The summed E-state index contributed by atoms with van der Waals surface area (Å²) in [5, 5.41) is 11.6. The first-order valence-electron chi connectivity index (χ1n) is 6.50. The van der Waals surface area contributed by atoms with Crippen molar-refractivity contribution in [2.45, 2.75) is 46.6 Å². The van der Waals surface area contributed by atoms with Crippen LogP contribution in [0, 0.1) is 17.8 Å². The zero-order valence-corrected chi connectivity index (χ0v) is 11.8. The van der Waals surface area contributed by atoms with E-state index in [0.29, 0.717) is 18.9 Å². The number of carboxylic acid groups (broad SMARTS) is 1. The molecular weight excluding hydrogens is 232 g/mol. The normalized spacial score (nSPS) is 16.1. The third-order valence-electron chi connectivity index (χ3n) is 3.14. The van der Waals surface area contributed by atoms with Gasteiger partial charge in [-0.2, -0.15) is 0 Å². The van der Waals surface area contributed by atoms with Crippen molar-refractivity contribution in [3.63, 3.8) is 0 Å². The van der Waals surface area contributed by atoms with Crippen LogP contribution in [0.15, 0.2) is 0 Å². The molecule has 0 radical (unpaired) electrons. The molecule has 106 valence electrons. The second-order valence-corrected chi connectivity index (χ2v) is 5.42. The van der Waals surface area contributed by atoms with Gasteiger partial charge in [0.25, 0.3) is 0 Å². The van der Waals surface area contributed by atoms with Crippen LogP contribution in [-0.4, -0.2) is 29.6 Å². The summed E-state index contributed by atoms with van der Waals surface area (Å²) in [5.41, 5.74) is 5.63. The average Bonchev–Trinajstić information content (AvgIpc) is 2.25. The highest BCUT2D eigenvalue weighted by atomic mass is 16.4. The van der Waals surface area contributed by atoms with Gasteiger partial charge in [0.05, 0.1) is 5.92 Å². The predicted octanol–water partition coefficient (Wildman–Crippen LogP) is 1.22. The fourth-order valence-corrected chi connectivity index (χ4v) is 1.84. The predicted molar refractivity (Wildman–Crippen MR) is 71.0 cm³/mol. The maximum Gasteiger partial charge on any atom is 0.308 e. The Balaban J connectivity index is 4.20. The monoisotopic (exact) mass is 258 g/mol. The van der Waals surface area contributed by atoms with E-state index in [2.05, 4.69) is 19.2 Å². The fraction of sp³-hybridized carbons (Fsp3) is 0.846. The van der Waals surface area contributed by atoms with Crippen molar-refractivity contribution < 1.29 is 14.7 Å². The zero-order valence-electron chi connectivity index (χ0n) is 11.8. The first-order chi connectivity index (χ1) is 8.27. The molecule has 5 nitrogen and oxygen atoms in total. The van der Waals surface area contributed by atoms with Gasteiger partial charge in [-0.15, -0.1) is 0 Å². The quantitative estimate of drug-likeness (QED) is 0.610. The summed E-state index contributed by atoms with van der Waals surface area (Å²) in [6.07, 6.45) is 1.28. The van der Waals surface area contributed by atoms with Crippen LogP contribution in [0.3, 0.4) is 0 Å². The van der Waals surface area contributed by atoms with E-state index >= 15 is 0 Å². The smallest absolute Gasteiger partial charge is 0.308 e. The van der Waals surface area contributed by atoms with Gasteiger partial charge in [-0.25, -0.2) is 0 Å². The van der Waals surface area contributed by atoms with Gasteiger partial charge in [0.15, 0.2) is 0 Å². The number of nitrogens with two attached hydrogens (primary N) is 1. The Bertz CT molecular complexity index is 279. The van der Waals surface area contributed by atoms with Crippen LogP contribution in [0.4, 0.5) is 0 Å². The Hall–Kier alpha value is -1.10. The van der Waals surface area contributed by atoms with Crippen LogP contribution < -0.4 is 11.1 Å². The topological polar surface area (TPSA) is 92.4 Å². The molecule has 0 aromatic heterocycles. The Labute approximate surface area is 109 Å². The molecule has 0 aromatic rings. The van der Waals surface area contributed by atoms with Crippen molar-refractivity contribution in [2.75, 3.05) is 6.54 Å². The molecule has 18 heavy (non-hydrogen) atoms. The molecule has 0 aliphatic heterocycles. The van der Waals surface area contributed by atoms with E-state index in [1.165, 1.54) is 0 Å². The Morgan fingerprint density at radius 2 is 1.78 bits per heavy atom. The van der Waals surface area contributed by atoms with Crippen LogP contribution in [-0.2, 0) is 9.59 Å². The lowest BCUT2D eigenvalue weighted by atomic mass is 9.93. The third-order valence-corrected chi connectivity index (χ3v) is 3.14. The van der Waals surface area contributed by atoms with Crippen molar-refractivity contribution in [2.24, 2.45) is 23.5 Å². The molecule has 3 unspecified atom stereocenters. The van der Waals surface area contributed by atoms with Gasteiger partial charge >= 0.3 is 5.97 Å². The van der Waals surface area contributed by atoms with Gasteiger partial charge < -0.3 is 16.2 Å². The maximum absolute atomic E-state index is 11.8. The number of hydrogen-bond acceptors (Lipinski definition) is 3. The minimum Gasteiger partial charge on any atom is -0.481 e. The number of nitrogens with one attached hydrogen (secondary N) is 1. The number of carboxylic acids is 1. The van der Waals surface area contributed by atoms with Gasteiger partial charge in [0, 0.05) is 12.5 Å². The standard InChI is InChI=1S/C13H26N2O3/c1-8(2)5-11(7-14)6-12(16)15-10(4)9(3)13(17)18/h8-11H,5-7,14H2,1-4H3,(H,15,16)(H,17,18). The molecule has 4 N–H and O–H groups in total. The first kappa shape index (κ1) is 16.9. The molecule has 0 heterocycles. The second-order valence-electron chi connectivity index (χ2n) is 5.42. The van der Waals surface area contributed by atoms with E-state index in [1.54, 1.807) is 13.8 Å². The van der Waals surface area contributed by atoms with E-state index < -0.39 is 11.9 Å². The van der Waals surface area contributed by atoms with Crippen LogP contribution in [0.2, 0.25) is 0 Å². The minimum absolute atomic E-state index is 0.119. The molecule has 3 atom stereocenters. The third kappa shape index (κ3) is 6.59.